The van der Waals surface area contributed by atoms with Crippen LogP contribution in [0.2, 0.25) is 0 Å². The van der Waals surface area contributed by atoms with Crippen LogP contribution in [0.3, 0.4) is 0 Å². The zero-order chi connectivity index (χ0) is 12.0. The van der Waals surface area contributed by atoms with E-state index in [9.17, 15) is 4.79 Å². The van der Waals surface area contributed by atoms with Crippen molar-refractivity contribution in [3.63, 3.8) is 0 Å². The Morgan fingerprint density at radius 2 is 2.18 bits per heavy atom. The average Bonchev–Trinajstić information content (AvgIpc) is 3.00. The molecule has 88 valence electrons. The lowest BCUT2D eigenvalue weighted by Gasteiger charge is -1.98. The van der Waals surface area contributed by atoms with E-state index in [1.54, 1.807) is 0 Å². The molecule has 0 aromatic carbocycles. The predicted molar refractivity (Wildman–Crippen MR) is 67.4 cm³/mol. The van der Waals surface area contributed by atoms with E-state index in [4.69, 9.17) is 0 Å². The summed E-state index contributed by atoms with van der Waals surface area (Å²) in [7, 11) is 0. The third-order valence-corrected chi connectivity index (χ3v) is 4.10. The molecule has 5 heteroatoms. The SMILES string of the molecule is Cc1nnc2sc(C(=O)NC3CC3)cc2c1C. The summed E-state index contributed by atoms with van der Waals surface area (Å²) in [6, 6.07) is 2.32. The predicted octanol–water partition coefficient (Wildman–Crippen LogP) is 2.20. The van der Waals surface area contributed by atoms with Crippen molar-refractivity contribution < 1.29 is 4.79 Å². The summed E-state index contributed by atoms with van der Waals surface area (Å²) in [5.74, 6) is 0.0209. The zero-order valence-electron chi connectivity index (χ0n) is 9.78. The van der Waals surface area contributed by atoms with Crippen LogP contribution in [-0.2, 0) is 0 Å². The van der Waals surface area contributed by atoms with Crippen LogP contribution in [0, 0.1) is 13.8 Å². The lowest BCUT2D eigenvalue weighted by atomic mass is 10.2. The van der Waals surface area contributed by atoms with Crippen molar-refractivity contribution in [2.45, 2.75) is 32.7 Å². The average molecular weight is 247 g/mol. The molecule has 0 spiro atoms. The summed E-state index contributed by atoms with van der Waals surface area (Å²) in [5.41, 5.74) is 2.03. The van der Waals surface area contributed by atoms with Gasteiger partial charge in [-0.15, -0.1) is 16.4 Å². The molecule has 1 aliphatic rings. The maximum absolute atomic E-state index is 11.9. The van der Waals surface area contributed by atoms with Gasteiger partial charge in [0.2, 0.25) is 0 Å². The Hall–Kier alpha value is -1.49. The van der Waals surface area contributed by atoms with Gasteiger partial charge in [-0.2, -0.15) is 5.10 Å². The normalized spacial score (nSPS) is 15.2. The molecule has 1 aliphatic carbocycles. The highest BCUT2D eigenvalue weighted by atomic mass is 32.1. The van der Waals surface area contributed by atoms with Gasteiger partial charge in [0, 0.05) is 11.4 Å². The molecule has 0 unspecified atom stereocenters. The number of carbonyl (C=O) groups is 1. The summed E-state index contributed by atoms with van der Waals surface area (Å²) < 4.78 is 0. The molecule has 2 heterocycles. The third-order valence-electron chi connectivity index (χ3n) is 3.09. The van der Waals surface area contributed by atoms with Crippen molar-refractivity contribution in [3.05, 3.63) is 22.2 Å². The standard InChI is InChI=1S/C12H13N3OS/c1-6-7(2)14-15-12-9(6)5-10(17-12)11(16)13-8-3-4-8/h5,8H,3-4H2,1-2H3,(H,13,16). The number of fused-ring (bicyclic) bond motifs is 1. The first-order chi connectivity index (χ1) is 8.15. The van der Waals surface area contributed by atoms with Crippen LogP contribution >= 0.6 is 11.3 Å². The molecule has 2 aromatic heterocycles. The molecule has 1 fully saturated rings. The van der Waals surface area contributed by atoms with Crippen molar-refractivity contribution in [2.75, 3.05) is 0 Å². The van der Waals surface area contributed by atoms with Crippen LogP contribution in [0.4, 0.5) is 0 Å². The molecule has 1 amide bonds. The molecular formula is C12H13N3OS. The van der Waals surface area contributed by atoms with Gasteiger partial charge >= 0.3 is 0 Å². The fourth-order valence-electron chi connectivity index (χ4n) is 1.71. The van der Waals surface area contributed by atoms with Gasteiger partial charge in [-0.1, -0.05) is 0 Å². The van der Waals surface area contributed by atoms with Crippen molar-refractivity contribution in [1.29, 1.82) is 0 Å². The molecule has 1 N–H and O–H groups in total. The Morgan fingerprint density at radius 3 is 2.88 bits per heavy atom. The molecule has 0 atom stereocenters. The second kappa shape index (κ2) is 3.77. The van der Waals surface area contributed by atoms with E-state index in [1.165, 1.54) is 11.3 Å². The van der Waals surface area contributed by atoms with E-state index in [-0.39, 0.29) is 5.91 Å². The Kier molecular flexibility index (Phi) is 2.36. The Labute approximate surface area is 103 Å². The number of hydrogen-bond acceptors (Lipinski definition) is 4. The van der Waals surface area contributed by atoms with Gasteiger partial charge in [0.25, 0.3) is 5.91 Å². The third kappa shape index (κ3) is 1.91. The lowest BCUT2D eigenvalue weighted by molar-refractivity contribution is 0.0955. The van der Waals surface area contributed by atoms with Crippen LogP contribution in [0.25, 0.3) is 10.2 Å². The molecule has 0 aliphatic heterocycles. The summed E-state index contributed by atoms with van der Waals surface area (Å²) in [4.78, 5) is 13.5. The van der Waals surface area contributed by atoms with E-state index in [2.05, 4.69) is 15.5 Å². The highest BCUT2D eigenvalue weighted by molar-refractivity contribution is 7.20. The zero-order valence-corrected chi connectivity index (χ0v) is 10.6. The fraction of sp³-hybridized carbons (Fsp3) is 0.417. The molecular weight excluding hydrogens is 234 g/mol. The monoisotopic (exact) mass is 247 g/mol. The molecule has 2 aromatic rings. The Balaban J connectivity index is 2.00. The van der Waals surface area contributed by atoms with E-state index >= 15 is 0 Å². The van der Waals surface area contributed by atoms with Gasteiger partial charge in [-0.3, -0.25) is 4.79 Å². The van der Waals surface area contributed by atoms with Gasteiger partial charge in [-0.25, -0.2) is 0 Å². The number of carbonyl (C=O) groups excluding carboxylic acids is 1. The Morgan fingerprint density at radius 1 is 1.41 bits per heavy atom. The molecule has 3 rings (SSSR count). The highest BCUT2D eigenvalue weighted by Gasteiger charge is 2.24. The fourth-order valence-corrected chi connectivity index (χ4v) is 2.65. The molecule has 4 nitrogen and oxygen atoms in total. The summed E-state index contributed by atoms with van der Waals surface area (Å²) >= 11 is 1.41. The van der Waals surface area contributed by atoms with Crippen LogP contribution in [0.5, 0.6) is 0 Å². The number of amides is 1. The van der Waals surface area contributed by atoms with E-state index in [0.29, 0.717) is 6.04 Å². The number of rotatable bonds is 2. The van der Waals surface area contributed by atoms with Crippen molar-refractivity contribution in [1.82, 2.24) is 15.5 Å². The van der Waals surface area contributed by atoms with Gasteiger partial charge in [0.1, 0.15) is 4.83 Å². The first-order valence-corrected chi connectivity index (χ1v) is 6.51. The summed E-state index contributed by atoms with van der Waals surface area (Å²) in [6.07, 6.45) is 2.21. The number of thiophene rings is 1. The van der Waals surface area contributed by atoms with E-state index in [0.717, 1.165) is 39.2 Å². The quantitative estimate of drug-likeness (QED) is 0.885. The van der Waals surface area contributed by atoms with Crippen LogP contribution in [0.15, 0.2) is 6.07 Å². The second-order valence-electron chi connectivity index (χ2n) is 4.49. The number of hydrogen-bond donors (Lipinski definition) is 1. The molecule has 0 radical (unpaired) electrons. The van der Waals surface area contributed by atoms with Crippen molar-refractivity contribution >= 4 is 27.5 Å². The minimum Gasteiger partial charge on any atom is -0.349 e. The second-order valence-corrected chi connectivity index (χ2v) is 5.52. The van der Waals surface area contributed by atoms with Gasteiger partial charge in [0.05, 0.1) is 10.6 Å². The van der Waals surface area contributed by atoms with E-state index in [1.807, 2.05) is 19.9 Å². The largest absolute Gasteiger partial charge is 0.349 e. The van der Waals surface area contributed by atoms with Crippen LogP contribution in [-0.4, -0.2) is 22.1 Å². The number of aryl methyl sites for hydroxylation is 2. The van der Waals surface area contributed by atoms with Crippen molar-refractivity contribution in [3.8, 4) is 0 Å². The minimum absolute atomic E-state index is 0.0209. The minimum atomic E-state index is 0.0209. The summed E-state index contributed by atoms with van der Waals surface area (Å²) in [6.45, 7) is 3.95. The van der Waals surface area contributed by atoms with Crippen LogP contribution in [0.1, 0.15) is 33.8 Å². The van der Waals surface area contributed by atoms with E-state index < -0.39 is 0 Å². The number of nitrogens with zero attached hydrogens (tertiary/aromatic N) is 2. The smallest absolute Gasteiger partial charge is 0.261 e. The molecule has 0 saturated heterocycles. The van der Waals surface area contributed by atoms with Gasteiger partial charge < -0.3 is 5.32 Å². The molecule has 0 bridgehead atoms. The lowest BCUT2D eigenvalue weighted by Crippen LogP contribution is -2.24. The first-order valence-electron chi connectivity index (χ1n) is 5.69. The molecule has 17 heavy (non-hydrogen) atoms. The topological polar surface area (TPSA) is 54.9 Å². The Bertz CT molecular complexity index is 601. The number of aromatic nitrogens is 2. The van der Waals surface area contributed by atoms with Gasteiger partial charge in [-0.05, 0) is 38.3 Å². The maximum Gasteiger partial charge on any atom is 0.261 e. The van der Waals surface area contributed by atoms with Crippen LogP contribution < -0.4 is 5.32 Å². The van der Waals surface area contributed by atoms with Crippen molar-refractivity contribution in [2.24, 2.45) is 0 Å². The highest BCUT2D eigenvalue weighted by Crippen LogP contribution is 2.28. The molecule has 1 saturated carbocycles. The van der Waals surface area contributed by atoms with Gasteiger partial charge in [0.15, 0.2) is 0 Å². The number of nitrogens with one attached hydrogen (secondary N) is 1. The summed E-state index contributed by atoms with van der Waals surface area (Å²) in [5, 5.41) is 12.2. The first kappa shape index (κ1) is 10.7. The maximum atomic E-state index is 11.9.